The Kier molecular flexibility index (Phi) is 4.61. The highest BCUT2D eigenvalue weighted by Crippen LogP contribution is 2.44. The molecule has 0 bridgehead atoms. The van der Waals surface area contributed by atoms with Crippen molar-refractivity contribution in [2.45, 2.75) is 46.0 Å². The van der Waals surface area contributed by atoms with E-state index in [0.29, 0.717) is 12.5 Å². The van der Waals surface area contributed by atoms with Crippen molar-refractivity contribution in [1.29, 1.82) is 0 Å². The van der Waals surface area contributed by atoms with Gasteiger partial charge in [0.25, 0.3) is 0 Å². The summed E-state index contributed by atoms with van der Waals surface area (Å²) in [5.41, 5.74) is 0. The summed E-state index contributed by atoms with van der Waals surface area (Å²) in [7, 11) is 0. The van der Waals surface area contributed by atoms with Crippen LogP contribution in [0.15, 0.2) is 0 Å². The minimum absolute atomic E-state index is 0.0345. The molecule has 1 N–H and O–H groups in total. The maximum atomic E-state index is 12.3. The SMILES string of the molecule is CCC1CC2C(=O)N(CCCC(C)CO)C(=O)C2C1. The Balaban J connectivity index is 1.88. The molecule has 0 aromatic rings. The molecule has 1 saturated heterocycles. The van der Waals surface area contributed by atoms with Crippen molar-refractivity contribution in [3.05, 3.63) is 0 Å². The summed E-state index contributed by atoms with van der Waals surface area (Å²) in [5, 5.41) is 8.97. The molecule has 2 fully saturated rings. The summed E-state index contributed by atoms with van der Waals surface area (Å²) in [6.07, 6.45) is 4.53. The summed E-state index contributed by atoms with van der Waals surface area (Å²) in [6.45, 7) is 4.82. The van der Waals surface area contributed by atoms with Crippen LogP contribution in [0.2, 0.25) is 0 Å². The molecule has 1 heterocycles. The molecule has 1 saturated carbocycles. The van der Waals surface area contributed by atoms with E-state index in [1.165, 1.54) is 4.90 Å². The van der Waals surface area contributed by atoms with Gasteiger partial charge in [-0.2, -0.15) is 0 Å². The maximum Gasteiger partial charge on any atom is 0.233 e. The van der Waals surface area contributed by atoms with Crippen molar-refractivity contribution in [2.75, 3.05) is 13.2 Å². The van der Waals surface area contributed by atoms with Gasteiger partial charge in [-0.05, 0) is 37.5 Å². The predicted octanol–water partition coefficient (Wildman–Crippen LogP) is 1.82. The maximum absolute atomic E-state index is 12.3. The second kappa shape index (κ2) is 6.04. The number of nitrogens with zero attached hydrogens (tertiary/aromatic N) is 1. The highest BCUT2D eigenvalue weighted by Gasteiger charge is 2.51. The van der Waals surface area contributed by atoms with E-state index in [1.54, 1.807) is 0 Å². The summed E-state index contributed by atoms with van der Waals surface area (Å²) in [5.74, 6) is 0.849. The normalized spacial score (nSPS) is 31.9. The topological polar surface area (TPSA) is 57.6 Å². The molecule has 4 nitrogen and oxygen atoms in total. The molecule has 4 heteroatoms. The van der Waals surface area contributed by atoms with Gasteiger partial charge in [-0.1, -0.05) is 20.3 Å². The first kappa shape index (κ1) is 14.5. The van der Waals surface area contributed by atoms with Crippen molar-refractivity contribution < 1.29 is 14.7 Å². The first-order valence-corrected chi connectivity index (χ1v) is 7.54. The van der Waals surface area contributed by atoms with Crippen molar-refractivity contribution in [1.82, 2.24) is 4.90 Å². The summed E-state index contributed by atoms with van der Waals surface area (Å²) in [6, 6.07) is 0. The molecule has 1 aliphatic heterocycles. The quantitative estimate of drug-likeness (QED) is 0.747. The Morgan fingerprint density at radius 3 is 2.32 bits per heavy atom. The molecule has 0 radical (unpaired) electrons. The largest absolute Gasteiger partial charge is 0.396 e. The van der Waals surface area contributed by atoms with Gasteiger partial charge >= 0.3 is 0 Å². The molecule has 3 atom stereocenters. The third-order valence-electron chi connectivity index (χ3n) is 4.79. The van der Waals surface area contributed by atoms with Crippen LogP contribution < -0.4 is 0 Å². The highest BCUT2D eigenvalue weighted by molar-refractivity contribution is 6.05. The van der Waals surface area contributed by atoms with E-state index in [9.17, 15) is 9.59 Å². The number of hydrogen-bond donors (Lipinski definition) is 1. The van der Waals surface area contributed by atoms with Gasteiger partial charge in [0, 0.05) is 13.2 Å². The molecule has 2 rings (SSSR count). The third kappa shape index (κ3) is 2.83. The van der Waals surface area contributed by atoms with Gasteiger partial charge in [-0.3, -0.25) is 14.5 Å². The van der Waals surface area contributed by atoms with Gasteiger partial charge in [-0.25, -0.2) is 0 Å². The minimum atomic E-state index is -0.0345. The number of amides is 2. The lowest BCUT2D eigenvalue weighted by Crippen LogP contribution is -2.33. The Morgan fingerprint density at radius 1 is 1.26 bits per heavy atom. The zero-order valence-electron chi connectivity index (χ0n) is 12.0. The molecule has 0 aromatic carbocycles. The molecule has 108 valence electrons. The average molecular weight is 267 g/mol. The smallest absolute Gasteiger partial charge is 0.233 e. The molecule has 19 heavy (non-hydrogen) atoms. The highest BCUT2D eigenvalue weighted by atomic mass is 16.3. The molecule has 1 aliphatic carbocycles. The van der Waals surface area contributed by atoms with Crippen LogP contribution in [0.25, 0.3) is 0 Å². The first-order valence-electron chi connectivity index (χ1n) is 7.54. The van der Waals surface area contributed by atoms with Crippen LogP contribution in [0, 0.1) is 23.7 Å². The number of carbonyl (C=O) groups excluding carboxylic acids is 2. The van der Waals surface area contributed by atoms with Crippen LogP contribution >= 0.6 is 0 Å². The van der Waals surface area contributed by atoms with Crippen LogP contribution in [-0.4, -0.2) is 35.0 Å². The lowest BCUT2D eigenvalue weighted by molar-refractivity contribution is -0.140. The van der Waals surface area contributed by atoms with Crippen LogP contribution in [0.5, 0.6) is 0 Å². The van der Waals surface area contributed by atoms with Gasteiger partial charge in [-0.15, -0.1) is 0 Å². The fraction of sp³-hybridized carbons (Fsp3) is 0.867. The molecule has 3 unspecified atom stereocenters. The average Bonchev–Trinajstić information content (AvgIpc) is 2.93. The van der Waals surface area contributed by atoms with Crippen LogP contribution in [0.1, 0.15) is 46.0 Å². The van der Waals surface area contributed by atoms with Crippen LogP contribution in [0.4, 0.5) is 0 Å². The van der Waals surface area contributed by atoms with Crippen molar-refractivity contribution >= 4 is 11.8 Å². The van der Waals surface area contributed by atoms with Gasteiger partial charge in [0.1, 0.15) is 0 Å². The van der Waals surface area contributed by atoms with E-state index >= 15 is 0 Å². The van der Waals surface area contributed by atoms with E-state index in [0.717, 1.165) is 32.1 Å². The Bertz CT molecular complexity index is 331. The third-order valence-corrected chi connectivity index (χ3v) is 4.79. The number of imide groups is 1. The summed E-state index contributed by atoms with van der Waals surface area (Å²) >= 11 is 0. The van der Waals surface area contributed by atoms with Gasteiger partial charge in [0.05, 0.1) is 11.8 Å². The Labute approximate surface area is 115 Å². The second-order valence-corrected chi connectivity index (χ2v) is 6.22. The summed E-state index contributed by atoms with van der Waals surface area (Å²) in [4.78, 5) is 26.0. The van der Waals surface area contributed by atoms with E-state index in [1.807, 2.05) is 6.92 Å². The first-order chi connectivity index (χ1) is 9.08. The summed E-state index contributed by atoms with van der Waals surface area (Å²) < 4.78 is 0. The standard InChI is InChI=1S/C15H25NO3/c1-3-11-7-12-13(8-11)15(19)16(14(12)18)6-4-5-10(2)9-17/h10-13,17H,3-9H2,1-2H3. The number of likely N-dealkylation sites (tertiary alicyclic amines) is 1. The number of fused-ring (bicyclic) bond motifs is 1. The number of hydrogen-bond acceptors (Lipinski definition) is 3. The van der Waals surface area contributed by atoms with E-state index in [2.05, 4.69) is 6.92 Å². The number of aliphatic hydroxyl groups excluding tert-OH is 1. The predicted molar refractivity (Wildman–Crippen MR) is 72.2 cm³/mol. The lowest BCUT2D eigenvalue weighted by Gasteiger charge is -2.18. The Hall–Kier alpha value is -0.900. The monoisotopic (exact) mass is 267 g/mol. The zero-order valence-corrected chi connectivity index (χ0v) is 12.0. The number of carbonyl (C=O) groups is 2. The number of aliphatic hydroxyl groups is 1. The van der Waals surface area contributed by atoms with Crippen LogP contribution in [0.3, 0.4) is 0 Å². The van der Waals surface area contributed by atoms with Crippen LogP contribution in [-0.2, 0) is 9.59 Å². The fourth-order valence-corrected chi connectivity index (χ4v) is 3.44. The van der Waals surface area contributed by atoms with Gasteiger partial charge in [0.15, 0.2) is 0 Å². The molecule has 0 spiro atoms. The molecular weight excluding hydrogens is 242 g/mol. The second-order valence-electron chi connectivity index (χ2n) is 6.22. The van der Waals surface area contributed by atoms with Crippen molar-refractivity contribution in [3.8, 4) is 0 Å². The Morgan fingerprint density at radius 2 is 1.84 bits per heavy atom. The van der Waals surface area contributed by atoms with E-state index in [4.69, 9.17) is 5.11 Å². The molecule has 0 aromatic heterocycles. The van der Waals surface area contributed by atoms with Gasteiger partial charge in [0.2, 0.25) is 11.8 Å². The van der Waals surface area contributed by atoms with Crippen molar-refractivity contribution in [2.24, 2.45) is 23.7 Å². The molecule has 2 amide bonds. The van der Waals surface area contributed by atoms with E-state index in [-0.39, 0.29) is 36.2 Å². The molecule has 2 aliphatic rings. The van der Waals surface area contributed by atoms with Crippen molar-refractivity contribution in [3.63, 3.8) is 0 Å². The van der Waals surface area contributed by atoms with Gasteiger partial charge < -0.3 is 5.11 Å². The molecular formula is C15H25NO3. The number of rotatable bonds is 6. The zero-order chi connectivity index (χ0) is 14.0. The van der Waals surface area contributed by atoms with E-state index < -0.39 is 0 Å². The fourth-order valence-electron chi connectivity index (χ4n) is 3.44. The minimum Gasteiger partial charge on any atom is -0.396 e. The lowest BCUT2D eigenvalue weighted by atomic mass is 10.00.